The molecule has 0 fully saturated rings. The molecule has 1 unspecified atom stereocenters. The van der Waals surface area contributed by atoms with Gasteiger partial charge in [0.2, 0.25) is 8.03 Å². The minimum absolute atomic E-state index is 0.0593. The maximum atomic E-state index is 11.4. The zero-order chi connectivity index (χ0) is 13.4. The maximum Gasteiger partial charge on any atom is 0.218 e. The van der Waals surface area contributed by atoms with E-state index in [0.717, 1.165) is 5.56 Å². The summed E-state index contributed by atoms with van der Waals surface area (Å²) >= 11 is 0. The molecule has 0 saturated carbocycles. The lowest BCUT2D eigenvalue weighted by molar-refractivity contribution is 0.510. The van der Waals surface area contributed by atoms with Gasteiger partial charge in [-0.3, -0.25) is 4.57 Å². The summed E-state index contributed by atoms with van der Waals surface area (Å²) in [5.41, 5.74) is 2.13. The fourth-order valence-corrected chi connectivity index (χ4v) is 2.72. The van der Waals surface area contributed by atoms with Crippen molar-refractivity contribution in [1.82, 2.24) is 0 Å². The van der Waals surface area contributed by atoms with E-state index >= 15 is 0 Å². The number of hydrogen-bond donors (Lipinski definition) is 1. The summed E-state index contributed by atoms with van der Waals surface area (Å²) in [4.78, 5) is 9.41. The van der Waals surface area contributed by atoms with Gasteiger partial charge in [0, 0.05) is 5.30 Å². The SMILES string of the molecule is CC(C)(C)c1ccc([PH](=O)O)c(C(C)(C)C)c1. The van der Waals surface area contributed by atoms with Crippen molar-refractivity contribution in [1.29, 1.82) is 0 Å². The van der Waals surface area contributed by atoms with Crippen LogP contribution in [0.4, 0.5) is 0 Å². The predicted molar refractivity (Wildman–Crippen MR) is 74.7 cm³/mol. The summed E-state index contributed by atoms with van der Waals surface area (Å²) in [5, 5.41) is 0.593. The molecular weight excluding hydrogens is 231 g/mol. The molecule has 17 heavy (non-hydrogen) atoms. The van der Waals surface area contributed by atoms with Crippen LogP contribution < -0.4 is 5.30 Å². The van der Waals surface area contributed by atoms with Gasteiger partial charge in [0.05, 0.1) is 0 Å². The third kappa shape index (κ3) is 3.43. The molecular formula is C14H23O2P. The normalized spacial score (nSPS) is 14.8. The Bertz CT molecular complexity index is 437. The van der Waals surface area contributed by atoms with Gasteiger partial charge < -0.3 is 4.89 Å². The molecule has 0 aliphatic heterocycles. The zero-order valence-electron chi connectivity index (χ0n) is 11.6. The Hall–Kier alpha value is -0.590. The second-order valence-corrected chi connectivity index (χ2v) is 7.71. The van der Waals surface area contributed by atoms with Crippen LogP contribution in [0, 0.1) is 0 Å². The van der Waals surface area contributed by atoms with Crippen molar-refractivity contribution in [3.05, 3.63) is 29.3 Å². The average molecular weight is 254 g/mol. The average Bonchev–Trinajstić information content (AvgIpc) is 2.14. The Kier molecular flexibility index (Phi) is 3.91. The van der Waals surface area contributed by atoms with E-state index in [1.807, 2.05) is 12.1 Å². The molecule has 1 N–H and O–H groups in total. The van der Waals surface area contributed by atoms with E-state index in [2.05, 4.69) is 47.6 Å². The minimum Gasteiger partial charge on any atom is -0.343 e. The lowest BCUT2D eigenvalue weighted by Crippen LogP contribution is -2.23. The molecule has 1 aromatic carbocycles. The number of hydrogen-bond acceptors (Lipinski definition) is 1. The summed E-state index contributed by atoms with van der Waals surface area (Å²) in [7, 11) is -2.64. The van der Waals surface area contributed by atoms with Gasteiger partial charge >= 0.3 is 0 Å². The fraction of sp³-hybridized carbons (Fsp3) is 0.571. The summed E-state index contributed by atoms with van der Waals surface area (Å²) in [5.74, 6) is 0. The molecule has 96 valence electrons. The lowest BCUT2D eigenvalue weighted by atomic mass is 9.81. The Morgan fingerprint density at radius 2 is 1.53 bits per heavy atom. The Labute approximate surface area is 105 Å². The number of rotatable bonds is 1. The summed E-state index contributed by atoms with van der Waals surface area (Å²) in [6.07, 6.45) is 0. The molecule has 1 atom stereocenters. The second-order valence-electron chi connectivity index (χ2n) is 6.57. The van der Waals surface area contributed by atoms with Gasteiger partial charge in [0.15, 0.2) is 0 Å². The van der Waals surface area contributed by atoms with Gasteiger partial charge in [0.25, 0.3) is 0 Å². The first kappa shape index (κ1) is 14.5. The minimum atomic E-state index is -2.64. The van der Waals surface area contributed by atoms with Crippen LogP contribution >= 0.6 is 8.03 Å². The number of benzene rings is 1. The Morgan fingerprint density at radius 3 is 1.88 bits per heavy atom. The van der Waals surface area contributed by atoms with Crippen LogP contribution in [-0.4, -0.2) is 4.89 Å². The lowest BCUT2D eigenvalue weighted by Gasteiger charge is -2.26. The third-order valence-electron chi connectivity index (χ3n) is 2.92. The quantitative estimate of drug-likeness (QED) is 0.780. The standard InChI is InChI=1S/C14H23O2P/c1-13(2,3)10-7-8-12(17(15)16)11(9-10)14(4,5)6/h7-9,17H,1-6H3,(H,15,16). The molecule has 0 heterocycles. The van der Waals surface area contributed by atoms with E-state index in [9.17, 15) is 9.46 Å². The summed E-state index contributed by atoms with van der Waals surface area (Å²) < 4.78 is 11.4. The van der Waals surface area contributed by atoms with Crippen LogP contribution in [0.1, 0.15) is 52.7 Å². The van der Waals surface area contributed by atoms with E-state index < -0.39 is 8.03 Å². The van der Waals surface area contributed by atoms with Crippen molar-refractivity contribution in [2.24, 2.45) is 0 Å². The third-order valence-corrected chi connectivity index (χ3v) is 3.82. The van der Waals surface area contributed by atoms with Crippen molar-refractivity contribution in [2.45, 2.75) is 52.4 Å². The van der Waals surface area contributed by atoms with Crippen LogP contribution in [0.3, 0.4) is 0 Å². The van der Waals surface area contributed by atoms with Crippen molar-refractivity contribution in [2.75, 3.05) is 0 Å². The van der Waals surface area contributed by atoms with Crippen LogP contribution in [0.15, 0.2) is 18.2 Å². The molecule has 0 spiro atoms. The second kappa shape index (κ2) is 4.59. The van der Waals surface area contributed by atoms with Crippen LogP contribution in [-0.2, 0) is 15.4 Å². The van der Waals surface area contributed by atoms with Gasteiger partial charge in [-0.1, -0.05) is 53.7 Å². The first-order chi connectivity index (χ1) is 7.53. The van der Waals surface area contributed by atoms with Gasteiger partial charge in [-0.15, -0.1) is 0 Å². The molecule has 3 heteroatoms. The highest BCUT2D eigenvalue weighted by atomic mass is 31.1. The molecule has 1 rings (SSSR count). The first-order valence-electron chi connectivity index (χ1n) is 5.92. The molecule has 0 aliphatic rings. The van der Waals surface area contributed by atoms with Gasteiger partial charge in [-0.25, -0.2) is 0 Å². The van der Waals surface area contributed by atoms with Crippen molar-refractivity contribution in [3.63, 3.8) is 0 Å². The Balaban J connectivity index is 3.46. The smallest absolute Gasteiger partial charge is 0.218 e. The first-order valence-corrected chi connectivity index (χ1v) is 7.27. The molecule has 2 nitrogen and oxygen atoms in total. The van der Waals surface area contributed by atoms with Crippen molar-refractivity contribution < 1.29 is 9.46 Å². The van der Waals surface area contributed by atoms with Gasteiger partial charge in [-0.05, 0) is 28.0 Å². The van der Waals surface area contributed by atoms with Crippen molar-refractivity contribution in [3.8, 4) is 0 Å². The van der Waals surface area contributed by atoms with E-state index in [4.69, 9.17) is 0 Å². The topological polar surface area (TPSA) is 37.3 Å². The monoisotopic (exact) mass is 254 g/mol. The maximum absolute atomic E-state index is 11.4. The van der Waals surface area contributed by atoms with Gasteiger partial charge in [0.1, 0.15) is 0 Å². The summed E-state index contributed by atoms with van der Waals surface area (Å²) in [6, 6.07) is 5.85. The van der Waals surface area contributed by atoms with E-state index in [0.29, 0.717) is 5.30 Å². The van der Waals surface area contributed by atoms with Crippen LogP contribution in [0.2, 0.25) is 0 Å². The Morgan fingerprint density at radius 1 is 1.00 bits per heavy atom. The molecule has 0 aromatic heterocycles. The highest BCUT2D eigenvalue weighted by Crippen LogP contribution is 2.31. The van der Waals surface area contributed by atoms with E-state index in [1.165, 1.54) is 5.56 Å². The molecule has 1 aromatic rings. The van der Waals surface area contributed by atoms with Crippen LogP contribution in [0.5, 0.6) is 0 Å². The largest absolute Gasteiger partial charge is 0.343 e. The predicted octanol–water partition coefficient (Wildman–Crippen LogP) is 3.37. The van der Waals surface area contributed by atoms with Crippen LogP contribution in [0.25, 0.3) is 0 Å². The molecule has 0 aliphatic carbocycles. The molecule has 0 bridgehead atoms. The molecule has 0 radical (unpaired) electrons. The zero-order valence-corrected chi connectivity index (χ0v) is 12.6. The van der Waals surface area contributed by atoms with Gasteiger partial charge in [-0.2, -0.15) is 0 Å². The summed E-state index contributed by atoms with van der Waals surface area (Å²) in [6.45, 7) is 12.7. The fourth-order valence-electron chi connectivity index (χ4n) is 1.82. The van der Waals surface area contributed by atoms with E-state index in [-0.39, 0.29) is 10.8 Å². The molecule has 0 saturated heterocycles. The highest BCUT2D eigenvalue weighted by molar-refractivity contribution is 7.47. The molecule has 0 amide bonds. The van der Waals surface area contributed by atoms with Crippen molar-refractivity contribution >= 4 is 13.3 Å². The van der Waals surface area contributed by atoms with E-state index in [1.54, 1.807) is 0 Å². The highest BCUT2D eigenvalue weighted by Gasteiger charge is 2.23.